The maximum Gasteiger partial charge on any atom is 0.243 e. The molecule has 1 N–H and O–H groups in total. The van der Waals surface area contributed by atoms with E-state index in [4.69, 9.17) is 0 Å². The number of sulfonamides is 1. The van der Waals surface area contributed by atoms with Crippen molar-refractivity contribution >= 4 is 32.9 Å². The minimum absolute atomic E-state index is 0.0334. The molecule has 2 heterocycles. The number of aliphatic imine (C=N–C) groups is 1. The maximum absolute atomic E-state index is 13.0. The molecular formula is C19H25N3O3S2. The number of carbonyl (C=O) groups is 1. The normalized spacial score (nSPS) is 21.6. The van der Waals surface area contributed by atoms with Gasteiger partial charge in [0.25, 0.3) is 0 Å². The topological polar surface area (TPSA) is 78.8 Å². The molecule has 1 saturated heterocycles. The lowest BCUT2D eigenvalue weighted by Gasteiger charge is -2.30. The van der Waals surface area contributed by atoms with Gasteiger partial charge in [-0.2, -0.15) is 4.31 Å². The zero-order chi connectivity index (χ0) is 18.9. The Morgan fingerprint density at radius 3 is 2.59 bits per heavy atom. The molecule has 0 saturated carbocycles. The van der Waals surface area contributed by atoms with Gasteiger partial charge < -0.3 is 5.32 Å². The zero-order valence-electron chi connectivity index (χ0n) is 15.3. The summed E-state index contributed by atoms with van der Waals surface area (Å²) in [5.74, 6) is 0.727. The third kappa shape index (κ3) is 4.07. The van der Waals surface area contributed by atoms with Crippen molar-refractivity contribution in [2.75, 3.05) is 25.4 Å². The zero-order valence-corrected chi connectivity index (χ0v) is 16.9. The number of amidine groups is 1. The van der Waals surface area contributed by atoms with Crippen LogP contribution >= 0.6 is 11.8 Å². The standard InChI is InChI=1S/C19H25N3O3S2/c23-18(21-19-20-9-12-26-19)15-7-10-22(11-8-15)27(24,25)17-6-5-14-3-1-2-4-16(14)13-17/h5-6,13,15H,1-4,7-12H2,(H,20,21,23). The van der Waals surface area contributed by atoms with E-state index in [2.05, 4.69) is 10.3 Å². The summed E-state index contributed by atoms with van der Waals surface area (Å²) in [6.45, 7) is 1.52. The van der Waals surface area contributed by atoms with Crippen molar-refractivity contribution in [2.24, 2.45) is 10.9 Å². The molecule has 3 aliphatic rings. The van der Waals surface area contributed by atoms with Crippen molar-refractivity contribution in [1.29, 1.82) is 0 Å². The molecule has 4 rings (SSSR count). The van der Waals surface area contributed by atoms with E-state index < -0.39 is 10.0 Å². The van der Waals surface area contributed by atoms with E-state index in [9.17, 15) is 13.2 Å². The second kappa shape index (κ2) is 7.93. The van der Waals surface area contributed by atoms with Crippen molar-refractivity contribution < 1.29 is 13.2 Å². The summed E-state index contributed by atoms with van der Waals surface area (Å²) in [6, 6.07) is 5.58. The highest BCUT2D eigenvalue weighted by Gasteiger charge is 2.33. The Kier molecular flexibility index (Phi) is 5.57. The Bertz CT molecular complexity index is 859. The van der Waals surface area contributed by atoms with Gasteiger partial charge in [-0.1, -0.05) is 17.8 Å². The average Bonchev–Trinajstić information content (AvgIpc) is 3.20. The molecule has 27 heavy (non-hydrogen) atoms. The molecule has 0 radical (unpaired) electrons. The van der Waals surface area contributed by atoms with E-state index >= 15 is 0 Å². The number of thioether (sulfide) groups is 1. The Morgan fingerprint density at radius 1 is 1.15 bits per heavy atom. The molecule has 0 spiro atoms. The lowest BCUT2D eigenvalue weighted by molar-refractivity contribution is -0.124. The van der Waals surface area contributed by atoms with Gasteiger partial charge >= 0.3 is 0 Å². The first kappa shape index (κ1) is 19.0. The number of hydrogen-bond donors (Lipinski definition) is 1. The van der Waals surface area contributed by atoms with Crippen molar-refractivity contribution in [3.05, 3.63) is 29.3 Å². The fourth-order valence-corrected chi connectivity index (χ4v) is 6.25. The Morgan fingerprint density at radius 2 is 1.89 bits per heavy atom. The van der Waals surface area contributed by atoms with Gasteiger partial charge in [-0.3, -0.25) is 9.79 Å². The van der Waals surface area contributed by atoms with Gasteiger partial charge in [0.05, 0.1) is 11.4 Å². The third-order valence-corrected chi connectivity index (χ3v) is 8.38. The van der Waals surface area contributed by atoms with Crippen LogP contribution in [-0.2, 0) is 27.7 Å². The molecule has 8 heteroatoms. The second-order valence-electron chi connectivity index (χ2n) is 7.34. The third-order valence-electron chi connectivity index (χ3n) is 5.60. The number of rotatable bonds is 3. The van der Waals surface area contributed by atoms with Crippen LogP contribution in [0.5, 0.6) is 0 Å². The largest absolute Gasteiger partial charge is 0.305 e. The van der Waals surface area contributed by atoms with Crippen molar-refractivity contribution in [3.8, 4) is 0 Å². The van der Waals surface area contributed by atoms with Crippen molar-refractivity contribution in [1.82, 2.24) is 9.62 Å². The summed E-state index contributed by atoms with van der Waals surface area (Å²) in [5, 5.41) is 3.57. The number of amides is 1. The molecular weight excluding hydrogens is 382 g/mol. The highest BCUT2D eigenvalue weighted by molar-refractivity contribution is 8.14. The molecule has 0 aromatic heterocycles. The minimum atomic E-state index is -3.49. The maximum atomic E-state index is 13.0. The number of nitrogens with one attached hydrogen (secondary N) is 1. The van der Waals surface area contributed by atoms with Gasteiger partial charge in [0.15, 0.2) is 5.17 Å². The number of nitrogens with zero attached hydrogens (tertiary/aromatic N) is 2. The number of carbonyl (C=O) groups excluding carboxylic acids is 1. The molecule has 1 aromatic carbocycles. The smallest absolute Gasteiger partial charge is 0.243 e. The molecule has 1 aromatic rings. The highest BCUT2D eigenvalue weighted by atomic mass is 32.2. The Balaban J connectivity index is 1.40. The summed E-state index contributed by atoms with van der Waals surface area (Å²) in [6.07, 6.45) is 5.41. The quantitative estimate of drug-likeness (QED) is 0.833. The van der Waals surface area contributed by atoms with Crippen molar-refractivity contribution in [3.63, 3.8) is 0 Å². The molecule has 0 bridgehead atoms. The highest BCUT2D eigenvalue weighted by Crippen LogP contribution is 2.28. The van der Waals surface area contributed by atoms with Crippen LogP contribution in [0.15, 0.2) is 28.1 Å². The molecule has 2 aliphatic heterocycles. The number of piperidine rings is 1. The molecule has 1 aliphatic carbocycles. The molecule has 6 nitrogen and oxygen atoms in total. The van der Waals surface area contributed by atoms with E-state index in [0.29, 0.717) is 36.0 Å². The van der Waals surface area contributed by atoms with E-state index in [0.717, 1.165) is 31.6 Å². The fourth-order valence-electron chi connectivity index (χ4n) is 4.00. The van der Waals surface area contributed by atoms with Crippen LogP contribution in [0.3, 0.4) is 0 Å². The van der Waals surface area contributed by atoms with Crippen LogP contribution in [0, 0.1) is 5.92 Å². The van der Waals surface area contributed by atoms with E-state index in [1.54, 1.807) is 17.8 Å². The van der Waals surface area contributed by atoms with Gasteiger partial charge in [-0.25, -0.2) is 8.42 Å². The lowest BCUT2D eigenvalue weighted by Crippen LogP contribution is -2.43. The lowest BCUT2D eigenvalue weighted by atomic mass is 9.92. The first-order valence-corrected chi connectivity index (χ1v) is 12.1. The predicted octanol–water partition coefficient (Wildman–Crippen LogP) is 2.19. The van der Waals surface area contributed by atoms with Gasteiger partial charge in [-0.15, -0.1) is 0 Å². The predicted molar refractivity (Wildman–Crippen MR) is 107 cm³/mol. The Hall–Kier alpha value is -1.38. The van der Waals surface area contributed by atoms with Gasteiger partial charge in [0.1, 0.15) is 0 Å². The number of aryl methyl sites for hydroxylation is 2. The fraction of sp³-hybridized carbons (Fsp3) is 0.579. The van der Waals surface area contributed by atoms with Crippen LogP contribution in [0.2, 0.25) is 0 Å². The molecule has 0 unspecified atom stereocenters. The summed E-state index contributed by atoms with van der Waals surface area (Å²) in [4.78, 5) is 17.0. The number of benzene rings is 1. The van der Waals surface area contributed by atoms with Crippen LogP contribution in [0.1, 0.15) is 36.8 Å². The second-order valence-corrected chi connectivity index (χ2v) is 10.4. The van der Waals surface area contributed by atoms with E-state index in [-0.39, 0.29) is 11.8 Å². The van der Waals surface area contributed by atoms with Gasteiger partial charge in [0.2, 0.25) is 15.9 Å². The first-order chi connectivity index (χ1) is 13.0. The molecule has 0 atom stereocenters. The summed E-state index contributed by atoms with van der Waals surface area (Å²) in [7, 11) is -3.49. The first-order valence-electron chi connectivity index (χ1n) is 9.64. The number of fused-ring (bicyclic) bond motifs is 1. The minimum Gasteiger partial charge on any atom is -0.305 e. The monoisotopic (exact) mass is 407 g/mol. The van der Waals surface area contributed by atoms with E-state index in [1.807, 2.05) is 12.1 Å². The van der Waals surface area contributed by atoms with Crippen LogP contribution in [0.25, 0.3) is 0 Å². The average molecular weight is 408 g/mol. The van der Waals surface area contributed by atoms with Gasteiger partial charge in [-0.05, 0) is 61.8 Å². The summed E-state index contributed by atoms with van der Waals surface area (Å²) >= 11 is 1.56. The summed E-state index contributed by atoms with van der Waals surface area (Å²) in [5.41, 5.74) is 2.45. The molecule has 1 fully saturated rings. The SMILES string of the molecule is O=C(NC1=NCCS1)C1CCN(S(=O)(=O)c2ccc3c(c2)CCCC3)CC1. The van der Waals surface area contributed by atoms with Crippen LogP contribution in [-0.4, -0.2) is 49.2 Å². The van der Waals surface area contributed by atoms with Crippen molar-refractivity contribution in [2.45, 2.75) is 43.4 Å². The number of hydrogen-bond acceptors (Lipinski definition) is 5. The molecule has 146 valence electrons. The molecule has 1 amide bonds. The summed E-state index contributed by atoms with van der Waals surface area (Å²) < 4.78 is 27.6. The Labute approximate surface area is 164 Å². The van der Waals surface area contributed by atoms with Gasteiger partial charge in [0, 0.05) is 24.8 Å². The van der Waals surface area contributed by atoms with E-state index in [1.165, 1.54) is 21.9 Å². The van der Waals surface area contributed by atoms with Crippen LogP contribution in [0.4, 0.5) is 0 Å². The van der Waals surface area contributed by atoms with Crippen LogP contribution < -0.4 is 5.32 Å².